The van der Waals surface area contributed by atoms with Crippen molar-refractivity contribution in [2.24, 2.45) is 0 Å². The Hall–Kier alpha value is -2.57. The number of pyridine rings is 1. The molecule has 2 rings (SSSR count). The molecular formula is C15H13F3N2O2. The first-order valence-corrected chi connectivity index (χ1v) is 6.38. The predicted octanol–water partition coefficient (Wildman–Crippen LogP) is 3.43. The fraction of sp³-hybridized carbons (Fsp3) is 0.200. The van der Waals surface area contributed by atoms with Crippen molar-refractivity contribution in [1.82, 2.24) is 4.98 Å². The molecule has 0 aliphatic heterocycles. The third kappa shape index (κ3) is 4.21. The largest absolute Gasteiger partial charge is 0.483 e. The van der Waals surface area contributed by atoms with Crippen molar-refractivity contribution < 1.29 is 22.7 Å². The van der Waals surface area contributed by atoms with Crippen LogP contribution in [0.25, 0.3) is 0 Å². The third-order valence-corrected chi connectivity index (χ3v) is 2.73. The van der Waals surface area contributed by atoms with Gasteiger partial charge in [0.2, 0.25) is 0 Å². The minimum atomic E-state index is -4.54. The van der Waals surface area contributed by atoms with E-state index in [0.29, 0.717) is 5.82 Å². The van der Waals surface area contributed by atoms with Gasteiger partial charge in [-0.3, -0.25) is 4.79 Å². The van der Waals surface area contributed by atoms with Crippen molar-refractivity contribution in [2.75, 3.05) is 11.9 Å². The summed E-state index contributed by atoms with van der Waals surface area (Å²) in [4.78, 5) is 15.6. The third-order valence-electron chi connectivity index (χ3n) is 2.73. The van der Waals surface area contributed by atoms with Gasteiger partial charge in [-0.05, 0) is 36.8 Å². The molecule has 0 spiro atoms. The van der Waals surface area contributed by atoms with Gasteiger partial charge in [0.05, 0.1) is 5.56 Å². The Morgan fingerprint density at radius 3 is 2.68 bits per heavy atom. The van der Waals surface area contributed by atoms with Crippen LogP contribution in [0, 0.1) is 6.92 Å². The van der Waals surface area contributed by atoms with Gasteiger partial charge < -0.3 is 10.1 Å². The lowest BCUT2D eigenvalue weighted by molar-refractivity contribution is -0.139. The highest BCUT2D eigenvalue weighted by atomic mass is 19.4. The predicted molar refractivity (Wildman–Crippen MR) is 74.5 cm³/mol. The van der Waals surface area contributed by atoms with Crippen LogP contribution in [0.5, 0.6) is 5.75 Å². The first-order chi connectivity index (χ1) is 10.4. The molecule has 2 aromatic rings. The smallest absolute Gasteiger partial charge is 0.419 e. The second-order valence-electron chi connectivity index (χ2n) is 4.55. The Morgan fingerprint density at radius 1 is 1.27 bits per heavy atom. The highest BCUT2D eigenvalue weighted by molar-refractivity contribution is 5.91. The van der Waals surface area contributed by atoms with Crippen LogP contribution in [0.15, 0.2) is 42.6 Å². The summed E-state index contributed by atoms with van der Waals surface area (Å²) in [5.41, 5.74) is -0.0230. The molecule has 0 radical (unpaired) electrons. The zero-order valence-corrected chi connectivity index (χ0v) is 11.6. The first kappa shape index (κ1) is 15.8. The summed E-state index contributed by atoms with van der Waals surface area (Å²) < 4.78 is 43.3. The van der Waals surface area contributed by atoms with Crippen molar-refractivity contribution in [3.05, 3.63) is 53.7 Å². The van der Waals surface area contributed by atoms with Gasteiger partial charge in [0.15, 0.2) is 6.61 Å². The lowest BCUT2D eigenvalue weighted by Gasteiger charge is -2.13. The van der Waals surface area contributed by atoms with Crippen molar-refractivity contribution in [3.8, 4) is 5.75 Å². The zero-order chi connectivity index (χ0) is 16.2. The Bertz CT molecular complexity index is 672. The van der Waals surface area contributed by atoms with E-state index in [1.165, 1.54) is 24.4 Å². The number of nitrogens with one attached hydrogen (secondary N) is 1. The van der Waals surface area contributed by atoms with E-state index in [1.54, 1.807) is 12.1 Å². The van der Waals surface area contributed by atoms with Gasteiger partial charge in [-0.25, -0.2) is 4.98 Å². The molecule has 0 aliphatic rings. The summed E-state index contributed by atoms with van der Waals surface area (Å²) in [6.45, 7) is 1.29. The molecular weight excluding hydrogens is 297 g/mol. The van der Waals surface area contributed by atoms with Crippen LogP contribution in [-0.2, 0) is 11.0 Å². The number of anilines is 1. The molecule has 0 saturated carbocycles. The molecule has 7 heteroatoms. The molecule has 22 heavy (non-hydrogen) atoms. The second kappa shape index (κ2) is 6.46. The Kier molecular flexibility index (Phi) is 4.65. The summed E-state index contributed by atoms with van der Waals surface area (Å²) >= 11 is 0. The number of aryl methyl sites for hydroxylation is 1. The van der Waals surface area contributed by atoms with Crippen LogP contribution in [0.2, 0.25) is 0 Å². The first-order valence-electron chi connectivity index (χ1n) is 6.38. The highest BCUT2D eigenvalue weighted by Gasteiger charge is 2.34. The molecule has 0 atom stereocenters. The van der Waals surface area contributed by atoms with Crippen molar-refractivity contribution in [1.29, 1.82) is 0 Å². The SMILES string of the molecule is Cc1ccnc(NC(=O)COc2ccccc2C(F)(F)F)c1. The number of hydrogen-bond acceptors (Lipinski definition) is 3. The van der Waals surface area contributed by atoms with Gasteiger partial charge in [0, 0.05) is 6.20 Å². The summed E-state index contributed by atoms with van der Waals surface area (Å²) in [5.74, 6) is -0.657. The zero-order valence-electron chi connectivity index (χ0n) is 11.6. The van der Waals surface area contributed by atoms with E-state index < -0.39 is 24.3 Å². The van der Waals surface area contributed by atoms with Crippen molar-refractivity contribution in [3.63, 3.8) is 0 Å². The standard InChI is InChI=1S/C15H13F3N2O2/c1-10-6-7-19-13(8-10)20-14(21)9-22-12-5-3-2-4-11(12)15(16,17)18/h2-8H,9H2,1H3,(H,19,20,21). The number of nitrogens with zero attached hydrogens (tertiary/aromatic N) is 1. The van der Waals surface area contributed by atoms with Gasteiger partial charge in [0.25, 0.3) is 5.91 Å². The van der Waals surface area contributed by atoms with E-state index in [1.807, 2.05) is 6.92 Å². The van der Waals surface area contributed by atoms with E-state index in [9.17, 15) is 18.0 Å². The number of benzene rings is 1. The number of halogens is 3. The number of para-hydroxylation sites is 1. The lowest BCUT2D eigenvalue weighted by Crippen LogP contribution is -2.21. The average molecular weight is 310 g/mol. The number of hydrogen-bond donors (Lipinski definition) is 1. The number of rotatable bonds is 4. The number of alkyl halides is 3. The van der Waals surface area contributed by atoms with Crippen molar-refractivity contribution in [2.45, 2.75) is 13.1 Å². The molecule has 116 valence electrons. The average Bonchev–Trinajstić information content (AvgIpc) is 2.44. The Morgan fingerprint density at radius 2 is 2.00 bits per heavy atom. The van der Waals surface area contributed by atoms with E-state index in [4.69, 9.17) is 4.74 Å². The Labute approximate surface area is 124 Å². The fourth-order valence-corrected chi connectivity index (χ4v) is 1.75. The molecule has 1 heterocycles. The van der Waals surface area contributed by atoms with Gasteiger partial charge >= 0.3 is 6.18 Å². The van der Waals surface area contributed by atoms with E-state index in [0.717, 1.165) is 11.6 Å². The molecule has 0 aliphatic carbocycles. The second-order valence-corrected chi connectivity index (χ2v) is 4.55. The Balaban J connectivity index is 2.00. The number of ether oxygens (including phenoxy) is 1. The molecule has 0 fully saturated rings. The summed E-state index contributed by atoms with van der Waals surface area (Å²) in [6.07, 6.45) is -3.02. The molecule has 0 saturated heterocycles. The number of carbonyl (C=O) groups excluding carboxylic acids is 1. The molecule has 1 amide bonds. The van der Waals surface area contributed by atoms with Gasteiger partial charge in [-0.2, -0.15) is 13.2 Å². The lowest BCUT2D eigenvalue weighted by atomic mass is 10.2. The van der Waals surface area contributed by atoms with Crippen LogP contribution in [0.4, 0.5) is 19.0 Å². The molecule has 1 N–H and O–H groups in total. The minimum Gasteiger partial charge on any atom is -0.483 e. The maximum atomic E-state index is 12.8. The van der Waals surface area contributed by atoms with Crippen molar-refractivity contribution >= 4 is 11.7 Å². The maximum Gasteiger partial charge on any atom is 0.419 e. The van der Waals surface area contributed by atoms with Crippen LogP contribution in [0.3, 0.4) is 0 Å². The monoisotopic (exact) mass is 310 g/mol. The van der Waals surface area contributed by atoms with Gasteiger partial charge in [0.1, 0.15) is 11.6 Å². The number of carbonyl (C=O) groups is 1. The molecule has 4 nitrogen and oxygen atoms in total. The molecule has 0 unspecified atom stereocenters. The van der Waals surface area contributed by atoms with Crippen LogP contribution in [0.1, 0.15) is 11.1 Å². The number of amides is 1. The molecule has 0 bridgehead atoms. The van der Waals surface area contributed by atoms with E-state index >= 15 is 0 Å². The molecule has 1 aromatic carbocycles. The van der Waals surface area contributed by atoms with Gasteiger partial charge in [-0.15, -0.1) is 0 Å². The summed E-state index contributed by atoms with van der Waals surface area (Å²) in [7, 11) is 0. The van der Waals surface area contributed by atoms with E-state index in [-0.39, 0.29) is 5.75 Å². The summed E-state index contributed by atoms with van der Waals surface area (Å²) in [6, 6.07) is 8.13. The fourth-order valence-electron chi connectivity index (χ4n) is 1.75. The van der Waals surface area contributed by atoms with Crippen LogP contribution < -0.4 is 10.1 Å². The highest BCUT2D eigenvalue weighted by Crippen LogP contribution is 2.35. The maximum absolute atomic E-state index is 12.8. The van der Waals surface area contributed by atoms with Gasteiger partial charge in [-0.1, -0.05) is 12.1 Å². The number of aromatic nitrogens is 1. The van der Waals surface area contributed by atoms with E-state index in [2.05, 4.69) is 10.3 Å². The topological polar surface area (TPSA) is 51.2 Å². The molecule has 1 aromatic heterocycles. The normalized spacial score (nSPS) is 11.1. The van der Waals surface area contributed by atoms with Crippen LogP contribution >= 0.6 is 0 Å². The minimum absolute atomic E-state index is 0.317. The quantitative estimate of drug-likeness (QED) is 0.941. The van der Waals surface area contributed by atoms with Crippen LogP contribution in [-0.4, -0.2) is 17.5 Å². The summed E-state index contributed by atoms with van der Waals surface area (Å²) in [5, 5.41) is 2.45.